The molecule has 6 heteroatoms. The van der Waals surface area contributed by atoms with Gasteiger partial charge in [0, 0.05) is 56.1 Å². The third-order valence-electron chi connectivity index (χ3n) is 6.74. The highest BCUT2D eigenvalue weighted by atomic mass is 16.5. The van der Waals surface area contributed by atoms with E-state index in [2.05, 4.69) is 29.1 Å². The topological polar surface area (TPSA) is 59.6 Å². The number of H-pyrrole nitrogens is 1. The molecule has 1 saturated carbocycles. The Balaban J connectivity index is 1.52. The maximum absolute atomic E-state index is 6.22. The van der Waals surface area contributed by atoms with Crippen molar-refractivity contribution in [2.45, 2.75) is 57.9 Å². The number of hydrogen-bond donors (Lipinski definition) is 1. The van der Waals surface area contributed by atoms with Gasteiger partial charge < -0.3 is 19.1 Å². The maximum atomic E-state index is 6.22. The monoisotopic (exact) mass is 393 g/mol. The lowest BCUT2D eigenvalue weighted by Crippen LogP contribution is -2.37. The molecule has 1 N–H and O–H groups in total. The molecule has 1 aromatic heterocycles. The molecule has 1 saturated heterocycles. The molecule has 0 aromatic carbocycles. The summed E-state index contributed by atoms with van der Waals surface area (Å²) in [5.74, 6) is 1.23. The summed E-state index contributed by atoms with van der Waals surface area (Å²) in [6.45, 7) is 8.47. The normalized spacial score (nSPS) is 26.8. The Bertz CT molecular complexity index is 563. The average molecular weight is 394 g/mol. The SMILES string of the molecule is CCN(C)Cc1cn[nH]c1C1CCC(COC)(COCC2CCOCC2)CC1. The Morgan fingerprint density at radius 2 is 1.96 bits per heavy atom. The molecule has 0 spiro atoms. The highest BCUT2D eigenvalue weighted by Crippen LogP contribution is 2.44. The van der Waals surface area contributed by atoms with Crippen molar-refractivity contribution in [1.82, 2.24) is 15.1 Å². The number of nitrogens with zero attached hydrogens (tertiary/aromatic N) is 2. The standard InChI is InChI=1S/C22H39N3O3/c1-4-25(2)14-20-13-23-24-21(20)19-5-9-22(10-6-19,16-26-3)17-28-15-18-7-11-27-12-8-18/h13,18-19H,4-12,14-17H2,1-3H3,(H,23,24). The van der Waals surface area contributed by atoms with Crippen LogP contribution in [-0.2, 0) is 20.8 Å². The Kier molecular flexibility index (Phi) is 8.33. The van der Waals surface area contributed by atoms with Crippen molar-refractivity contribution in [3.05, 3.63) is 17.5 Å². The number of rotatable bonds is 10. The van der Waals surface area contributed by atoms with Crippen LogP contribution in [0.5, 0.6) is 0 Å². The first-order valence-electron chi connectivity index (χ1n) is 11.0. The summed E-state index contributed by atoms with van der Waals surface area (Å²) < 4.78 is 17.3. The Morgan fingerprint density at radius 3 is 2.64 bits per heavy atom. The van der Waals surface area contributed by atoms with E-state index in [1.165, 1.54) is 24.1 Å². The lowest BCUT2D eigenvalue weighted by molar-refractivity contribution is -0.0513. The highest BCUT2D eigenvalue weighted by Gasteiger charge is 2.37. The molecular weight excluding hydrogens is 354 g/mol. The fourth-order valence-electron chi connectivity index (χ4n) is 4.71. The van der Waals surface area contributed by atoms with Crippen molar-refractivity contribution in [2.24, 2.45) is 11.3 Å². The predicted molar refractivity (Wildman–Crippen MR) is 110 cm³/mol. The van der Waals surface area contributed by atoms with Crippen LogP contribution in [0.4, 0.5) is 0 Å². The van der Waals surface area contributed by atoms with Gasteiger partial charge in [-0.1, -0.05) is 6.92 Å². The van der Waals surface area contributed by atoms with E-state index in [0.29, 0.717) is 11.8 Å². The second-order valence-corrected chi connectivity index (χ2v) is 8.92. The number of nitrogens with one attached hydrogen (secondary N) is 1. The second kappa shape index (κ2) is 10.7. The van der Waals surface area contributed by atoms with Gasteiger partial charge in [0.05, 0.1) is 19.4 Å². The molecule has 28 heavy (non-hydrogen) atoms. The van der Waals surface area contributed by atoms with Gasteiger partial charge >= 0.3 is 0 Å². The zero-order valence-corrected chi connectivity index (χ0v) is 18.0. The van der Waals surface area contributed by atoms with Crippen LogP contribution in [0.25, 0.3) is 0 Å². The minimum atomic E-state index is 0.164. The van der Waals surface area contributed by atoms with Crippen molar-refractivity contribution in [2.75, 3.05) is 53.7 Å². The first kappa shape index (κ1) is 21.8. The molecular formula is C22H39N3O3. The number of methoxy groups -OCH3 is 1. The van der Waals surface area contributed by atoms with Crippen molar-refractivity contribution >= 4 is 0 Å². The van der Waals surface area contributed by atoms with Gasteiger partial charge in [0.25, 0.3) is 0 Å². The van der Waals surface area contributed by atoms with Gasteiger partial charge in [-0.2, -0.15) is 5.10 Å². The van der Waals surface area contributed by atoms with Crippen LogP contribution < -0.4 is 0 Å². The van der Waals surface area contributed by atoms with E-state index >= 15 is 0 Å². The second-order valence-electron chi connectivity index (χ2n) is 8.92. The van der Waals surface area contributed by atoms with Gasteiger partial charge in [0.2, 0.25) is 0 Å². The van der Waals surface area contributed by atoms with Crippen molar-refractivity contribution in [3.63, 3.8) is 0 Å². The minimum absolute atomic E-state index is 0.164. The molecule has 0 amide bonds. The van der Waals surface area contributed by atoms with Crippen molar-refractivity contribution in [1.29, 1.82) is 0 Å². The molecule has 160 valence electrons. The van der Waals surface area contributed by atoms with Gasteiger partial charge in [-0.25, -0.2) is 0 Å². The fraction of sp³-hybridized carbons (Fsp3) is 0.864. The van der Waals surface area contributed by atoms with Gasteiger partial charge in [0.1, 0.15) is 0 Å². The number of aromatic amines is 1. The predicted octanol–water partition coefficient (Wildman–Crippen LogP) is 3.60. The summed E-state index contributed by atoms with van der Waals surface area (Å²) in [5, 5.41) is 7.65. The summed E-state index contributed by atoms with van der Waals surface area (Å²) in [7, 11) is 3.98. The summed E-state index contributed by atoms with van der Waals surface area (Å²) in [6, 6.07) is 0. The lowest BCUT2D eigenvalue weighted by Gasteiger charge is -2.40. The van der Waals surface area contributed by atoms with E-state index in [1.807, 2.05) is 13.3 Å². The van der Waals surface area contributed by atoms with Crippen LogP contribution in [-0.4, -0.2) is 68.8 Å². The van der Waals surface area contributed by atoms with Crippen LogP contribution in [0.1, 0.15) is 62.6 Å². The molecule has 0 unspecified atom stereocenters. The molecule has 1 aromatic rings. The molecule has 3 rings (SSSR count). The van der Waals surface area contributed by atoms with Crippen LogP contribution in [0.2, 0.25) is 0 Å². The number of ether oxygens (including phenoxy) is 3. The molecule has 2 heterocycles. The smallest absolute Gasteiger partial charge is 0.0544 e. The number of hydrogen-bond acceptors (Lipinski definition) is 5. The molecule has 0 radical (unpaired) electrons. The summed E-state index contributed by atoms with van der Waals surface area (Å²) in [5.41, 5.74) is 2.86. The molecule has 0 bridgehead atoms. The Hall–Kier alpha value is -0.950. The largest absolute Gasteiger partial charge is 0.384 e. The van der Waals surface area contributed by atoms with Gasteiger partial charge in [-0.05, 0) is 58.0 Å². The highest BCUT2D eigenvalue weighted by molar-refractivity contribution is 5.21. The van der Waals surface area contributed by atoms with E-state index in [9.17, 15) is 0 Å². The Labute approximate surface area is 170 Å². The first-order valence-corrected chi connectivity index (χ1v) is 11.0. The zero-order chi connectivity index (χ0) is 19.8. The van der Waals surface area contributed by atoms with Crippen LogP contribution in [0.15, 0.2) is 6.20 Å². The van der Waals surface area contributed by atoms with Gasteiger partial charge in [0.15, 0.2) is 0 Å². The van der Waals surface area contributed by atoms with E-state index in [4.69, 9.17) is 14.2 Å². The zero-order valence-electron chi connectivity index (χ0n) is 18.0. The van der Waals surface area contributed by atoms with Crippen LogP contribution in [0, 0.1) is 11.3 Å². The lowest BCUT2D eigenvalue weighted by atomic mass is 9.70. The molecule has 1 aliphatic heterocycles. The van der Waals surface area contributed by atoms with Crippen molar-refractivity contribution in [3.8, 4) is 0 Å². The van der Waals surface area contributed by atoms with Crippen LogP contribution >= 0.6 is 0 Å². The van der Waals surface area contributed by atoms with E-state index in [0.717, 1.165) is 71.8 Å². The Morgan fingerprint density at radius 1 is 1.21 bits per heavy atom. The van der Waals surface area contributed by atoms with E-state index < -0.39 is 0 Å². The van der Waals surface area contributed by atoms with Crippen molar-refractivity contribution < 1.29 is 14.2 Å². The molecule has 2 fully saturated rings. The summed E-state index contributed by atoms with van der Waals surface area (Å²) in [4.78, 5) is 2.33. The third-order valence-corrected chi connectivity index (χ3v) is 6.74. The maximum Gasteiger partial charge on any atom is 0.0544 e. The molecule has 6 nitrogen and oxygen atoms in total. The van der Waals surface area contributed by atoms with Gasteiger partial charge in [-0.15, -0.1) is 0 Å². The number of aromatic nitrogens is 2. The first-order chi connectivity index (χ1) is 13.7. The quantitative estimate of drug-likeness (QED) is 0.658. The average Bonchev–Trinajstić information content (AvgIpc) is 3.17. The summed E-state index contributed by atoms with van der Waals surface area (Å²) >= 11 is 0. The van der Waals surface area contributed by atoms with E-state index in [1.54, 1.807) is 0 Å². The van der Waals surface area contributed by atoms with Gasteiger partial charge in [-0.3, -0.25) is 5.10 Å². The third kappa shape index (κ3) is 5.78. The molecule has 0 atom stereocenters. The van der Waals surface area contributed by atoms with E-state index in [-0.39, 0.29) is 5.41 Å². The summed E-state index contributed by atoms with van der Waals surface area (Å²) in [6.07, 6.45) is 8.94. The van der Waals surface area contributed by atoms with Crippen LogP contribution in [0.3, 0.4) is 0 Å². The molecule has 1 aliphatic carbocycles. The minimum Gasteiger partial charge on any atom is -0.384 e. The fourth-order valence-corrected chi connectivity index (χ4v) is 4.71. The molecule has 2 aliphatic rings.